The van der Waals surface area contributed by atoms with Crippen LogP contribution in [0, 0.1) is 0 Å². The molecule has 0 fully saturated rings. The Kier molecular flexibility index (Phi) is 55.1. The monoisotopic (exact) mass is 1070 g/mol. The zero-order valence-corrected chi connectivity index (χ0v) is 49.0. The molecule has 0 aliphatic rings. The Morgan fingerprint density at radius 3 is 0.932 bits per heavy atom. The fourth-order valence-electron chi connectivity index (χ4n) is 8.75. The Morgan fingerprint density at radius 1 is 0.365 bits per heavy atom. The number of carbonyl (C=O) groups is 3. The molecule has 3 atom stereocenters. The molecule has 0 aromatic carbocycles. The number of hydrogen-bond donors (Lipinski definition) is 2. The fourth-order valence-corrected chi connectivity index (χ4v) is 9.54. The highest BCUT2D eigenvalue weighted by molar-refractivity contribution is 7.47. The van der Waals surface area contributed by atoms with Crippen molar-refractivity contribution >= 4 is 25.7 Å². The quantitative estimate of drug-likeness (QED) is 0.0197. The van der Waals surface area contributed by atoms with Gasteiger partial charge in [-0.05, 0) is 96.3 Å². The zero-order chi connectivity index (χ0) is 54.1. The van der Waals surface area contributed by atoms with Crippen molar-refractivity contribution in [2.24, 2.45) is 0 Å². The van der Waals surface area contributed by atoms with Gasteiger partial charge in [-0.2, -0.15) is 0 Å². The number of unbranched alkanes of at least 4 members (excludes halogenated alkanes) is 35. The number of hydrogen-bond acceptors (Lipinski definition) is 10. The second-order valence-corrected chi connectivity index (χ2v) is 22.3. The molecule has 11 nitrogen and oxygen atoms in total. The first-order chi connectivity index (χ1) is 36.2. The third-order valence-corrected chi connectivity index (χ3v) is 14.5. The molecule has 74 heavy (non-hydrogen) atoms. The van der Waals surface area contributed by atoms with E-state index in [9.17, 15) is 28.9 Å². The number of phosphoric acid groups is 1. The number of rotatable bonds is 58. The van der Waals surface area contributed by atoms with Crippen LogP contribution in [0.3, 0.4) is 0 Å². The lowest BCUT2D eigenvalue weighted by Crippen LogP contribution is -2.30. The molecule has 0 radical (unpaired) electrons. The number of allylic oxidation sites excluding steroid dienone is 6. The van der Waals surface area contributed by atoms with Crippen molar-refractivity contribution in [1.29, 1.82) is 0 Å². The molecule has 12 heteroatoms. The average Bonchev–Trinajstić information content (AvgIpc) is 3.39. The molecular weight excluding hydrogens is 952 g/mol. The summed E-state index contributed by atoms with van der Waals surface area (Å²) in [5, 5.41) is 9.83. The van der Waals surface area contributed by atoms with E-state index in [1.165, 1.54) is 141 Å². The lowest BCUT2D eigenvalue weighted by atomic mass is 10.1. The highest BCUT2D eigenvalue weighted by Crippen LogP contribution is 2.43. The Morgan fingerprint density at radius 2 is 0.622 bits per heavy atom. The molecule has 0 bridgehead atoms. The minimum Gasteiger partial charge on any atom is -0.462 e. The maximum atomic E-state index is 12.9. The number of aliphatic hydroxyl groups is 1. The van der Waals surface area contributed by atoms with E-state index in [2.05, 4.69) is 57.2 Å². The van der Waals surface area contributed by atoms with Gasteiger partial charge in [-0.3, -0.25) is 23.4 Å². The van der Waals surface area contributed by atoms with E-state index in [-0.39, 0.29) is 25.9 Å². The SMILES string of the molecule is CCCCCCCC/C=C\CCCCCCCCCC(=O)OCC(COP(=O)(O)OCC(CO)OC(=O)CCCCCCC/C=C\CCCCCCCC)OC(=O)CCCCCCC/C=C\CCCCCCCC. The molecule has 2 N–H and O–H groups in total. The summed E-state index contributed by atoms with van der Waals surface area (Å²) in [6.07, 6.45) is 59.5. The van der Waals surface area contributed by atoms with Crippen LogP contribution in [0.25, 0.3) is 0 Å². The van der Waals surface area contributed by atoms with Crippen LogP contribution in [0.4, 0.5) is 0 Å². The summed E-state index contributed by atoms with van der Waals surface area (Å²) in [6, 6.07) is 0. The molecule has 0 heterocycles. The van der Waals surface area contributed by atoms with E-state index in [1.807, 2.05) is 0 Å². The topological polar surface area (TPSA) is 155 Å². The van der Waals surface area contributed by atoms with Crippen molar-refractivity contribution in [3.8, 4) is 0 Å². The molecule has 3 unspecified atom stereocenters. The summed E-state index contributed by atoms with van der Waals surface area (Å²) >= 11 is 0. The van der Waals surface area contributed by atoms with Crippen LogP contribution in [0.1, 0.15) is 303 Å². The summed E-state index contributed by atoms with van der Waals surface area (Å²) in [5.74, 6) is -1.47. The van der Waals surface area contributed by atoms with Gasteiger partial charge < -0.3 is 24.2 Å². The van der Waals surface area contributed by atoms with Crippen LogP contribution in [0.5, 0.6) is 0 Å². The van der Waals surface area contributed by atoms with E-state index in [4.69, 9.17) is 23.3 Å². The van der Waals surface area contributed by atoms with Crippen molar-refractivity contribution in [2.75, 3.05) is 26.4 Å². The lowest BCUT2D eigenvalue weighted by Gasteiger charge is -2.21. The second-order valence-electron chi connectivity index (χ2n) is 20.9. The number of phosphoric ester groups is 1. The summed E-state index contributed by atoms with van der Waals surface area (Å²) < 4.78 is 39.6. The van der Waals surface area contributed by atoms with Crippen molar-refractivity contribution in [3.05, 3.63) is 36.5 Å². The van der Waals surface area contributed by atoms with E-state index in [0.29, 0.717) is 19.3 Å². The summed E-state index contributed by atoms with van der Waals surface area (Å²) in [7, 11) is -4.75. The minimum absolute atomic E-state index is 0.159. The molecule has 0 aliphatic heterocycles. The van der Waals surface area contributed by atoms with E-state index in [0.717, 1.165) is 103 Å². The number of carbonyl (C=O) groups excluding carboxylic acids is 3. The summed E-state index contributed by atoms with van der Waals surface area (Å²) in [5.41, 5.74) is 0. The van der Waals surface area contributed by atoms with Gasteiger partial charge in [0.15, 0.2) is 6.10 Å². The summed E-state index contributed by atoms with van der Waals surface area (Å²) in [4.78, 5) is 48.6. The Labute approximate surface area is 454 Å². The van der Waals surface area contributed by atoms with Gasteiger partial charge in [-0.1, -0.05) is 224 Å². The predicted octanol–water partition coefficient (Wildman–Crippen LogP) is 18.4. The van der Waals surface area contributed by atoms with Gasteiger partial charge in [0.1, 0.15) is 12.7 Å². The van der Waals surface area contributed by atoms with E-state index < -0.39 is 57.8 Å². The fraction of sp³-hybridized carbons (Fsp3) is 0.855. The van der Waals surface area contributed by atoms with Gasteiger partial charge in [0, 0.05) is 19.3 Å². The smallest absolute Gasteiger partial charge is 0.462 e. The third-order valence-electron chi connectivity index (χ3n) is 13.5. The first-order valence-electron chi connectivity index (χ1n) is 30.9. The van der Waals surface area contributed by atoms with Gasteiger partial charge in [0.2, 0.25) is 0 Å². The maximum absolute atomic E-state index is 12.9. The van der Waals surface area contributed by atoms with Gasteiger partial charge in [-0.15, -0.1) is 0 Å². The van der Waals surface area contributed by atoms with E-state index >= 15 is 0 Å². The predicted molar refractivity (Wildman–Crippen MR) is 307 cm³/mol. The largest absolute Gasteiger partial charge is 0.472 e. The molecule has 0 aliphatic carbocycles. The van der Waals surface area contributed by atoms with Crippen molar-refractivity contribution < 1.29 is 52.2 Å². The Hall–Kier alpha value is -2.30. The van der Waals surface area contributed by atoms with Crippen molar-refractivity contribution in [1.82, 2.24) is 0 Å². The molecule has 0 saturated heterocycles. The Balaban J connectivity index is 4.70. The van der Waals surface area contributed by atoms with Crippen LogP contribution in [0.2, 0.25) is 0 Å². The van der Waals surface area contributed by atoms with Crippen LogP contribution in [-0.4, -0.2) is 66.5 Å². The van der Waals surface area contributed by atoms with Crippen molar-refractivity contribution in [3.63, 3.8) is 0 Å². The normalized spacial score (nSPS) is 13.5. The standard InChI is InChI=1S/C62H115O11P/c1-4-7-10-13-16-19-22-25-28-29-32-33-36-39-42-45-48-51-60(64)69-55-59(73-62(66)53-50-47-44-41-38-35-31-27-24-21-18-15-12-9-6-3)57-71-74(67,68)70-56-58(54-63)72-61(65)52-49-46-43-40-37-34-30-26-23-20-17-14-11-8-5-2/h25-28,30-31,58-59,63H,4-24,29,32-57H2,1-3H3,(H,67,68)/b28-25-,30-26-,31-27-. The molecule has 0 saturated carbocycles. The first-order valence-corrected chi connectivity index (χ1v) is 32.4. The van der Waals surface area contributed by atoms with Crippen LogP contribution in [0.15, 0.2) is 36.5 Å². The maximum Gasteiger partial charge on any atom is 0.472 e. The van der Waals surface area contributed by atoms with Crippen LogP contribution in [-0.2, 0) is 42.2 Å². The van der Waals surface area contributed by atoms with Crippen LogP contribution >= 0.6 is 7.82 Å². The van der Waals surface area contributed by atoms with Gasteiger partial charge in [-0.25, -0.2) is 4.57 Å². The number of ether oxygens (including phenoxy) is 3. The molecule has 0 spiro atoms. The second kappa shape index (κ2) is 56.9. The van der Waals surface area contributed by atoms with Crippen LogP contribution < -0.4 is 0 Å². The van der Waals surface area contributed by atoms with E-state index in [1.54, 1.807) is 0 Å². The molecule has 0 aromatic rings. The highest BCUT2D eigenvalue weighted by Gasteiger charge is 2.28. The van der Waals surface area contributed by atoms with Gasteiger partial charge >= 0.3 is 25.7 Å². The first kappa shape index (κ1) is 71.7. The van der Waals surface area contributed by atoms with Crippen molar-refractivity contribution in [2.45, 2.75) is 315 Å². The average molecular weight is 1070 g/mol. The Bertz CT molecular complexity index is 1380. The number of esters is 3. The molecule has 434 valence electrons. The molecule has 0 amide bonds. The lowest BCUT2D eigenvalue weighted by molar-refractivity contribution is -0.161. The minimum atomic E-state index is -4.75. The highest BCUT2D eigenvalue weighted by atomic mass is 31.2. The molecular formula is C62H115O11P. The van der Waals surface area contributed by atoms with Gasteiger partial charge in [0.25, 0.3) is 0 Å². The molecule has 0 aromatic heterocycles. The van der Waals surface area contributed by atoms with Gasteiger partial charge in [0.05, 0.1) is 19.8 Å². The molecule has 0 rings (SSSR count). The summed E-state index contributed by atoms with van der Waals surface area (Å²) in [6.45, 7) is 4.66. The zero-order valence-electron chi connectivity index (χ0n) is 48.1. The number of aliphatic hydroxyl groups excluding tert-OH is 1. The third kappa shape index (κ3) is 54.5.